The van der Waals surface area contributed by atoms with Crippen molar-refractivity contribution < 1.29 is 0 Å². The molecule has 0 atom stereocenters. The summed E-state index contributed by atoms with van der Waals surface area (Å²) in [5.41, 5.74) is 4.29. The Hall–Kier alpha value is -0.00623. The number of hydrogen-bond acceptors (Lipinski definition) is 0. The second-order valence-corrected chi connectivity index (χ2v) is 11.3. The highest BCUT2D eigenvalue weighted by atomic mass is 28.4. The van der Waals surface area contributed by atoms with Crippen molar-refractivity contribution in [2.75, 3.05) is 0 Å². The SMILES string of the molecule is C#C[Si](C)(C)C[Si](C)C. The highest BCUT2D eigenvalue weighted by Gasteiger charge is 2.18. The van der Waals surface area contributed by atoms with E-state index >= 15 is 0 Å². The topological polar surface area (TPSA) is 0 Å². The summed E-state index contributed by atoms with van der Waals surface area (Å²) in [5, 5.41) is 0. The molecular formula is C7H15Si2. The number of terminal acetylenes is 1. The predicted octanol–water partition coefficient (Wildman–Crippen LogP) is 2.16. The first-order chi connectivity index (χ1) is 3.98. The summed E-state index contributed by atoms with van der Waals surface area (Å²) in [6.07, 6.45) is 5.38. The summed E-state index contributed by atoms with van der Waals surface area (Å²) in [4.78, 5) is 0. The van der Waals surface area contributed by atoms with Crippen LogP contribution in [0.3, 0.4) is 0 Å². The van der Waals surface area contributed by atoms with Gasteiger partial charge in [0.05, 0.1) is 0 Å². The van der Waals surface area contributed by atoms with Crippen molar-refractivity contribution in [3.63, 3.8) is 0 Å². The second-order valence-electron chi connectivity index (χ2n) is 3.41. The van der Waals surface area contributed by atoms with Gasteiger partial charge in [0, 0.05) is 8.80 Å². The van der Waals surface area contributed by atoms with Crippen molar-refractivity contribution >= 4 is 16.9 Å². The van der Waals surface area contributed by atoms with E-state index in [9.17, 15) is 0 Å². The quantitative estimate of drug-likeness (QED) is 0.423. The van der Waals surface area contributed by atoms with Gasteiger partial charge in [-0.2, -0.15) is 0 Å². The van der Waals surface area contributed by atoms with Gasteiger partial charge >= 0.3 is 0 Å². The molecule has 0 bridgehead atoms. The first-order valence-corrected chi connectivity index (χ1v) is 9.16. The van der Waals surface area contributed by atoms with Gasteiger partial charge in [-0.1, -0.05) is 31.9 Å². The van der Waals surface area contributed by atoms with Crippen LogP contribution in [0.2, 0.25) is 31.9 Å². The van der Waals surface area contributed by atoms with Crippen LogP contribution in [0.25, 0.3) is 0 Å². The molecule has 0 unspecified atom stereocenters. The fraction of sp³-hybridized carbons (Fsp3) is 0.714. The van der Waals surface area contributed by atoms with Crippen LogP contribution in [-0.2, 0) is 0 Å². The van der Waals surface area contributed by atoms with Crippen molar-refractivity contribution in [3.8, 4) is 12.0 Å². The van der Waals surface area contributed by atoms with Crippen LogP contribution in [0, 0.1) is 12.0 Å². The lowest BCUT2D eigenvalue weighted by Crippen LogP contribution is -2.28. The largest absolute Gasteiger partial charge is 0.135 e. The van der Waals surface area contributed by atoms with Gasteiger partial charge in [0.1, 0.15) is 8.07 Å². The Labute approximate surface area is 61.3 Å². The van der Waals surface area contributed by atoms with Crippen molar-refractivity contribution in [3.05, 3.63) is 0 Å². The van der Waals surface area contributed by atoms with E-state index in [1.807, 2.05) is 0 Å². The van der Waals surface area contributed by atoms with E-state index in [2.05, 4.69) is 31.7 Å². The summed E-state index contributed by atoms with van der Waals surface area (Å²) in [5.74, 6) is 0. The third kappa shape index (κ3) is 4.49. The van der Waals surface area contributed by atoms with Crippen molar-refractivity contribution in [1.82, 2.24) is 0 Å². The first kappa shape index (κ1) is 8.99. The maximum absolute atomic E-state index is 5.38. The lowest BCUT2D eigenvalue weighted by Gasteiger charge is -2.15. The number of rotatable bonds is 2. The molecule has 0 amide bonds. The molecule has 0 aromatic rings. The predicted molar refractivity (Wildman–Crippen MR) is 48.6 cm³/mol. The lowest BCUT2D eigenvalue weighted by molar-refractivity contribution is 1.65. The monoisotopic (exact) mass is 155 g/mol. The van der Waals surface area contributed by atoms with Crippen LogP contribution in [0.15, 0.2) is 0 Å². The molecule has 0 aromatic carbocycles. The summed E-state index contributed by atoms with van der Waals surface area (Å²) >= 11 is 0. The van der Waals surface area contributed by atoms with E-state index in [-0.39, 0.29) is 8.80 Å². The molecule has 9 heavy (non-hydrogen) atoms. The molecule has 51 valence electrons. The van der Waals surface area contributed by atoms with Crippen LogP contribution < -0.4 is 0 Å². The Bertz CT molecular complexity index is 119. The molecule has 0 aliphatic heterocycles. The Morgan fingerprint density at radius 1 is 1.44 bits per heavy atom. The molecule has 0 heterocycles. The Kier molecular flexibility index (Phi) is 3.23. The van der Waals surface area contributed by atoms with Crippen LogP contribution in [0.1, 0.15) is 0 Å². The van der Waals surface area contributed by atoms with E-state index in [1.165, 1.54) is 5.67 Å². The van der Waals surface area contributed by atoms with Gasteiger partial charge < -0.3 is 0 Å². The highest BCUT2D eigenvalue weighted by molar-refractivity contribution is 6.93. The van der Waals surface area contributed by atoms with E-state index in [1.54, 1.807) is 0 Å². The Morgan fingerprint density at radius 2 is 1.89 bits per heavy atom. The van der Waals surface area contributed by atoms with E-state index < -0.39 is 8.07 Å². The highest BCUT2D eigenvalue weighted by Crippen LogP contribution is 2.09. The fourth-order valence-corrected chi connectivity index (χ4v) is 8.41. The Balaban J connectivity index is 3.76. The Morgan fingerprint density at radius 3 is 2.00 bits per heavy atom. The molecule has 0 saturated carbocycles. The minimum Gasteiger partial charge on any atom is -0.135 e. The number of hydrogen-bond donors (Lipinski definition) is 0. The fourth-order valence-electron chi connectivity index (χ4n) is 0.935. The molecule has 2 heteroatoms. The minimum absolute atomic E-state index is 0.0845. The minimum atomic E-state index is -1.17. The van der Waals surface area contributed by atoms with Gasteiger partial charge in [-0.05, 0) is 0 Å². The molecule has 0 nitrogen and oxygen atoms in total. The van der Waals surface area contributed by atoms with E-state index in [0.717, 1.165) is 0 Å². The van der Waals surface area contributed by atoms with Crippen LogP contribution in [0.5, 0.6) is 0 Å². The molecule has 0 aliphatic carbocycles. The molecule has 0 rings (SSSR count). The van der Waals surface area contributed by atoms with Gasteiger partial charge in [-0.25, -0.2) is 0 Å². The second kappa shape index (κ2) is 3.24. The van der Waals surface area contributed by atoms with E-state index in [4.69, 9.17) is 6.42 Å². The maximum Gasteiger partial charge on any atom is 0.129 e. The zero-order valence-corrected chi connectivity index (χ0v) is 8.78. The molecule has 0 saturated heterocycles. The average Bonchev–Trinajstić information content (AvgIpc) is 1.63. The van der Waals surface area contributed by atoms with Gasteiger partial charge in [0.25, 0.3) is 0 Å². The summed E-state index contributed by atoms with van der Waals surface area (Å²) in [7, 11) is -1.25. The van der Waals surface area contributed by atoms with Crippen LogP contribution >= 0.6 is 0 Å². The average molecular weight is 155 g/mol. The van der Waals surface area contributed by atoms with E-state index in [0.29, 0.717) is 0 Å². The van der Waals surface area contributed by atoms with Gasteiger partial charge in [-0.15, -0.1) is 12.0 Å². The third-order valence-electron chi connectivity index (χ3n) is 1.19. The maximum atomic E-state index is 5.38. The van der Waals surface area contributed by atoms with Crippen molar-refractivity contribution in [2.45, 2.75) is 31.9 Å². The third-order valence-corrected chi connectivity index (χ3v) is 8.33. The molecule has 0 N–H and O–H groups in total. The molecule has 0 spiro atoms. The van der Waals surface area contributed by atoms with Gasteiger partial charge in [0.15, 0.2) is 0 Å². The summed E-state index contributed by atoms with van der Waals surface area (Å²) in [6.45, 7) is 9.20. The van der Waals surface area contributed by atoms with Crippen LogP contribution in [-0.4, -0.2) is 16.9 Å². The van der Waals surface area contributed by atoms with Crippen molar-refractivity contribution in [1.29, 1.82) is 0 Å². The zero-order chi connectivity index (χ0) is 7.49. The van der Waals surface area contributed by atoms with Gasteiger partial charge in [0.2, 0.25) is 0 Å². The molecule has 0 fully saturated rings. The molecule has 1 radical (unpaired) electrons. The first-order valence-electron chi connectivity index (χ1n) is 3.25. The molecule has 0 aliphatic rings. The summed E-state index contributed by atoms with van der Waals surface area (Å²) in [6, 6.07) is 0. The van der Waals surface area contributed by atoms with Crippen molar-refractivity contribution in [2.24, 2.45) is 0 Å². The van der Waals surface area contributed by atoms with Crippen LogP contribution in [0.4, 0.5) is 0 Å². The zero-order valence-electron chi connectivity index (χ0n) is 6.78. The smallest absolute Gasteiger partial charge is 0.129 e. The lowest BCUT2D eigenvalue weighted by atomic mass is 11.4. The normalized spacial score (nSPS) is 11.6. The molecule has 0 aromatic heterocycles. The summed E-state index contributed by atoms with van der Waals surface area (Å²) < 4.78 is 0. The van der Waals surface area contributed by atoms with Gasteiger partial charge in [-0.3, -0.25) is 0 Å². The standard InChI is InChI=1S/C7H15Si2/c1-6-9(4,5)7-8(2)3/h1H,7H2,2-5H3. The molecular weight excluding hydrogens is 140 g/mol.